The monoisotopic (exact) mass is 296 g/mol. The van der Waals surface area contributed by atoms with E-state index in [0.29, 0.717) is 10.8 Å². The third kappa shape index (κ3) is 3.33. The number of hydrogen-bond donors (Lipinski definition) is 0. The van der Waals surface area contributed by atoms with Gasteiger partial charge in [0.15, 0.2) is 24.0 Å². The van der Waals surface area contributed by atoms with Gasteiger partial charge >= 0.3 is 0 Å². The van der Waals surface area contributed by atoms with Crippen molar-refractivity contribution in [1.29, 1.82) is 0 Å². The van der Waals surface area contributed by atoms with Crippen molar-refractivity contribution >= 4 is 17.4 Å². The Hall–Kier alpha value is -1.94. The molecule has 2 aromatic rings. The van der Waals surface area contributed by atoms with Crippen molar-refractivity contribution in [2.75, 3.05) is 6.61 Å². The van der Waals surface area contributed by atoms with Gasteiger partial charge in [0.1, 0.15) is 5.75 Å². The lowest BCUT2D eigenvalue weighted by molar-refractivity contribution is 0.0920. The molecule has 104 valence electrons. The van der Waals surface area contributed by atoms with E-state index >= 15 is 0 Å². The molecule has 0 fully saturated rings. The molecule has 0 N–H and O–H groups in total. The number of Topliss-reactive ketones (excluding diaryl/α,β-unsaturated/α-hetero) is 1. The predicted molar refractivity (Wildman–Crippen MR) is 72.4 cm³/mol. The van der Waals surface area contributed by atoms with Crippen molar-refractivity contribution in [3.63, 3.8) is 0 Å². The van der Waals surface area contributed by atoms with Gasteiger partial charge in [-0.15, -0.1) is 0 Å². The van der Waals surface area contributed by atoms with Crippen LogP contribution in [0.3, 0.4) is 0 Å². The van der Waals surface area contributed by atoms with Crippen molar-refractivity contribution in [1.82, 2.24) is 0 Å². The SMILES string of the molecule is Cc1ccc(Cl)cc1OCC(=O)c1ccc(F)c(F)c1. The van der Waals surface area contributed by atoms with Crippen LogP contribution in [0.25, 0.3) is 0 Å². The van der Waals surface area contributed by atoms with Gasteiger partial charge in [0, 0.05) is 10.6 Å². The molecule has 0 aromatic heterocycles. The van der Waals surface area contributed by atoms with Crippen LogP contribution in [-0.2, 0) is 0 Å². The number of benzene rings is 2. The molecule has 0 bridgehead atoms. The minimum atomic E-state index is -1.06. The van der Waals surface area contributed by atoms with Gasteiger partial charge in [0.05, 0.1) is 0 Å². The summed E-state index contributed by atoms with van der Waals surface area (Å²) in [6, 6.07) is 8.05. The molecule has 2 aromatic carbocycles. The molecule has 2 nitrogen and oxygen atoms in total. The van der Waals surface area contributed by atoms with Crippen LogP contribution >= 0.6 is 11.6 Å². The average molecular weight is 297 g/mol. The Morgan fingerprint density at radius 3 is 2.60 bits per heavy atom. The van der Waals surface area contributed by atoms with E-state index < -0.39 is 17.4 Å². The quantitative estimate of drug-likeness (QED) is 0.791. The van der Waals surface area contributed by atoms with Gasteiger partial charge in [-0.2, -0.15) is 0 Å². The Balaban J connectivity index is 2.08. The van der Waals surface area contributed by atoms with Crippen LogP contribution in [0, 0.1) is 18.6 Å². The number of halogens is 3. The molecule has 20 heavy (non-hydrogen) atoms. The number of hydrogen-bond acceptors (Lipinski definition) is 2. The van der Waals surface area contributed by atoms with Gasteiger partial charge in [-0.3, -0.25) is 4.79 Å². The van der Waals surface area contributed by atoms with Crippen LogP contribution in [0.5, 0.6) is 5.75 Å². The van der Waals surface area contributed by atoms with E-state index in [1.807, 2.05) is 6.92 Å². The normalized spacial score (nSPS) is 10.4. The highest BCUT2D eigenvalue weighted by Crippen LogP contribution is 2.22. The zero-order valence-electron chi connectivity index (χ0n) is 10.6. The first-order valence-electron chi connectivity index (χ1n) is 5.84. The summed E-state index contributed by atoms with van der Waals surface area (Å²) in [5, 5.41) is 0.492. The lowest BCUT2D eigenvalue weighted by Gasteiger charge is -2.09. The molecule has 2 rings (SSSR count). The summed E-state index contributed by atoms with van der Waals surface area (Å²) >= 11 is 5.83. The fourth-order valence-electron chi connectivity index (χ4n) is 1.63. The Morgan fingerprint density at radius 1 is 1.15 bits per heavy atom. The minimum absolute atomic E-state index is 0.0589. The summed E-state index contributed by atoms with van der Waals surface area (Å²) < 4.78 is 31.2. The minimum Gasteiger partial charge on any atom is -0.485 e. The number of aryl methyl sites for hydroxylation is 1. The van der Waals surface area contributed by atoms with E-state index in [0.717, 1.165) is 17.7 Å². The summed E-state index contributed by atoms with van der Waals surface area (Å²) in [5.74, 6) is -2.01. The van der Waals surface area contributed by atoms with Gasteiger partial charge in [-0.25, -0.2) is 8.78 Å². The fourth-order valence-corrected chi connectivity index (χ4v) is 1.79. The Bertz CT molecular complexity index is 656. The van der Waals surface area contributed by atoms with E-state index in [1.165, 1.54) is 6.07 Å². The second-order valence-corrected chi connectivity index (χ2v) is 4.69. The zero-order valence-corrected chi connectivity index (χ0v) is 11.4. The molecular weight excluding hydrogens is 286 g/mol. The molecule has 0 spiro atoms. The Morgan fingerprint density at radius 2 is 1.90 bits per heavy atom. The van der Waals surface area contributed by atoms with Crippen LogP contribution in [0.2, 0.25) is 5.02 Å². The maximum atomic E-state index is 13.0. The molecular formula is C15H11ClF2O2. The van der Waals surface area contributed by atoms with Gasteiger partial charge in [-0.1, -0.05) is 17.7 Å². The molecule has 5 heteroatoms. The van der Waals surface area contributed by atoms with Crippen molar-refractivity contribution < 1.29 is 18.3 Å². The molecule has 0 aliphatic carbocycles. The van der Waals surface area contributed by atoms with E-state index in [4.69, 9.17) is 16.3 Å². The highest BCUT2D eigenvalue weighted by Gasteiger charge is 2.11. The van der Waals surface area contributed by atoms with Crippen molar-refractivity contribution in [2.24, 2.45) is 0 Å². The summed E-state index contributed by atoms with van der Waals surface area (Å²) in [7, 11) is 0. The molecule has 0 atom stereocenters. The summed E-state index contributed by atoms with van der Waals surface area (Å²) in [5.41, 5.74) is 0.885. The topological polar surface area (TPSA) is 26.3 Å². The number of carbonyl (C=O) groups is 1. The van der Waals surface area contributed by atoms with Gasteiger partial charge in [0.25, 0.3) is 0 Å². The van der Waals surface area contributed by atoms with Gasteiger partial charge in [0.2, 0.25) is 0 Å². The highest BCUT2D eigenvalue weighted by atomic mass is 35.5. The van der Waals surface area contributed by atoms with Crippen LogP contribution in [-0.4, -0.2) is 12.4 Å². The van der Waals surface area contributed by atoms with Crippen LogP contribution < -0.4 is 4.74 Å². The molecule has 0 heterocycles. The molecule has 0 unspecified atom stereocenters. The Kier molecular flexibility index (Phi) is 4.35. The van der Waals surface area contributed by atoms with Crippen molar-refractivity contribution in [3.8, 4) is 5.75 Å². The maximum absolute atomic E-state index is 13.0. The standard InChI is InChI=1S/C15H11ClF2O2/c1-9-2-4-11(16)7-15(9)20-8-14(19)10-3-5-12(17)13(18)6-10/h2-7H,8H2,1H3. The van der Waals surface area contributed by atoms with E-state index in [-0.39, 0.29) is 12.2 Å². The summed E-state index contributed by atoms with van der Waals surface area (Å²) in [6.45, 7) is 1.54. The number of ether oxygens (including phenoxy) is 1. The second-order valence-electron chi connectivity index (χ2n) is 4.25. The predicted octanol–water partition coefficient (Wildman–Crippen LogP) is 4.19. The third-order valence-electron chi connectivity index (χ3n) is 2.75. The largest absolute Gasteiger partial charge is 0.485 e. The zero-order chi connectivity index (χ0) is 14.7. The first kappa shape index (κ1) is 14.5. The molecule has 0 saturated carbocycles. The van der Waals surface area contributed by atoms with Crippen molar-refractivity contribution in [2.45, 2.75) is 6.92 Å². The van der Waals surface area contributed by atoms with E-state index in [9.17, 15) is 13.6 Å². The molecule has 0 aliphatic rings. The Labute approximate surface area is 119 Å². The molecule has 0 saturated heterocycles. The van der Waals surface area contributed by atoms with E-state index in [1.54, 1.807) is 18.2 Å². The summed E-state index contributed by atoms with van der Waals surface area (Å²) in [4.78, 5) is 11.8. The third-order valence-corrected chi connectivity index (χ3v) is 2.99. The lowest BCUT2D eigenvalue weighted by atomic mass is 10.1. The number of carbonyl (C=O) groups excluding carboxylic acids is 1. The van der Waals surface area contributed by atoms with Crippen molar-refractivity contribution in [3.05, 3.63) is 64.2 Å². The number of rotatable bonds is 4. The molecule has 0 amide bonds. The smallest absolute Gasteiger partial charge is 0.200 e. The lowest BCUT2D eigenvalue weighted by Crippen LogP contribution is -2.12. The maximum Gasteiger partial charge on any atom is 0.200 e. The highest BCUT2D eigenvalue weighted by molar-refractivity contribution is 6.30. The average Bonchev–Trinajstić information content (AvgIpc) is 2.42. The fraction of sp³-hybridized carbons (Fsp3) is 0.133. The van der Waals surface area contributed by atoms with Gasteiger partial charge < -0.3 is 4.74 Å². The van der Waals surface area contributed by atoms with Crippen LogP contribution in [0.15, 0.2) is 36.4 Å². The number of ketones is 1. The molecule has 0 aliphatic heterocycles. The second kappa shape index (κ2) is 6.01. The first-order chi connectivity index (χ1) is 9.47. The summed E-state index contributed by atoms with van der Waals surface area (Å²) in [6.07, 6.45) is 0. The van der Waals surface area contributed by atoms with Crippen LogP contribution in [0.4, 0.5) is 8.78 Å². The first-order valence-corrected chi connectivity index (χ1v) is 6.22. The van der Waals surface area contributed by atoms with E-state index in [2.05, 4.69) is 0 Å². The molecule has 0 radical (unpaired) electrons. The van der Waals surface area contributed by atoms with Gasteiger partial charge in [-0.05, 0) is 42.8 Å². The van der Waals surface area contributed by atoms with Crippen LogP contribution in [0.1, 0.15) is 15.9 Å².